The Morgan fingerprint density at radius 3 is 2.57 bits per heavy atom. The van der Waals surface area contributed by atoms with Gasteiger partial charge >= 0.3 is 0 Å². The molecule has 0 aromatic carbocycles. The zero-order chi connectivity index (χ0) is 5.54. The van der Waals surface area contributed by atoms with E-state index in [2.05, 4.69) is 30.2 Å². The van der Waals surface area contributed by atoms with Crippen LogP contribution in [-0.4, -0.2) is 0 Å². The molecule has 0 aromatic rings. The van der Waals surface area contributed by atoms with E-state index in [0.29, 0.717) is 6.42 Å². The van der Waals surface area contributed by atoms with Gasteiger partial charge in [0.1, 0.15) is 6.42 Å². The van der Waals surface area contributed by atoms with Crippen molar-refractivity contribution in [1.82, 2.24) is 0 Å². The second-order valence-electron chi connectivity index (χ2n) is 0.821. The predicted octanol–water partition coefficient (Wildman–Crippen LogP) is 1.47. The zero-order valence-electron chi connectivity index (χ0n) is 3.99. The van der Waals surface area contributed by atoms with Crippen LogP contribution in [0.2, 0.25) is 0 Å². The summed E-state index contributed by atoms with van der Waals surface area (Å²) in [6, 6.07) is 0. The third kappa shape index (κ3) is 4.95. The van der Waals surface area contributed by atoms with E-state index in [0.717, 1.165) is 0 Å². The maximum Gasteiger partial charge on any atom is 0.117 e. The third-order valence-electron chi connectivity index (χ3n) is 0.348. The molecule has 0 rings (SSSR count). The Balaban J connectivity index is 3.89. The number of hydrogen-bond acceptors (Lipinski definition) is 0. The molecule has 0 aliphatic rings. The average molecular weight is 89.1 g/mol. The van der Waals surface area contributed by atoms with E-state index in [1.807, 2.05) is 0 Å². The molecule has 0 fully saturated rings. The van der Waals surface area contributed by atoms with Gasteiger partial charge in [-0.05, 0) is 0 Å². The summed E-state index contributed by atoms with van der Waals surface area (Å²) in [5, 5.41) is 0. The van der Waals surface area contributed by atoms with Crippen LogP contribution < -0.4 is 0 Å². The second-order valence-corrected chi connectivity index (χ2v) is 0.821. The molecule has 0 spiro atoms. The fourth-order valence-electron chi connectivity index (χ4n) is 0.143. The molecule has 7 heavy (non-hydrogen) atoms. The molecule has 0 aromatic heterocycles. The van der Waals surface area contributed by atoms with Crippen LogP contribution in [-0.2, 0) is 0 Å². The third-order valence-corrected chi connectivity index (χ3v) is 0.348. The van der Waals surface area contributed by atoms with Crippen LogP contribution in [0, 0.1) is 19.6 Å². The van der Waals surface area contributed by atoms with Gasteiger partial charge in [0.15, 0.2) is 0 Å². The van der Waals surface area contributed by atoms with Gasteiger partial charge in [0.05, 0.1) is 6.92 Å². The van der Waals surface area contributed by atoms with Crippen molar-refractivity contribution in [3.8, 4) is 0 Å². The standard InChI is InChI=1S/C7H5/c1-3-5-7-6-4-2/h1H,2,4H2. The molecule has 33 valence electrons. The van der Waals surface area contributed by atoms with Gasteiger partial charge in [0, 0.05) is 6.08 Å². The van der Waals surface area contributed by atoms with Crippen LogP contribution >= 0.6 is 0 Å². The largest absolute Gasteiger partial charge is 0.296 e. The van der Waals surface area contributed by atoms with Gasteiger partial charge < -0.3 is 0 Å². The highest BCUT2D eigenvalue weighted by atomic mass is 13.6. The molecular formula is C7H5. The minimum atomic E-state index is 0.592. The molecule has 0 nitrogen and oxygen atoms in total. The summed E-state index contributed by atoms with van der Waals surface area (Å²) in [4.78, 5) is 0. The van der Waals surface area contributed by atoms with Crippen molar-refractivity contribution in [2.45, 2.75) is 6.42 Å². The van der Waals surface area contributed by atoms with Crippen molar-refractivity contribution in [1.29, 1.82) is 0 Å². The summed E-state index contributed by atoms with van der Waals surface area (Å²) in [6.45, 7) is 8.26. The zero-order valence-corrected chi connectivity index (χ0v) is 3.99. The molecule has 0 saturated heterocycles. The van der Waals surface area contributed by atoms with Gasteiger partial charge in [-0.2, -0.15) is 5.73 Å². The van der Waals surface area contributed by atoms with Crippen LogP contribution in [0.5, 0.6) is 0 Å². The Morgan fingerprint density at radius 2 is 2.14 bits per heavy atom. The summed E-state index contributed by atoms with van der Waals surface area (Å²) in [7, 11) is 0. The topological polar surface area (TPSA) is 0 Å². The molecule has 0 atom stereocenters. The van der Waals surface area contributed by atoms with E-state index in [1.54, 1.807) is 0 Å². The highest BCUT2D eigenvalue weighted by Gasteiger charge is 1.60. The Bertz CT molecular complexity index is 135. The van der Waals surface area contributed by atoms with Crippen LogP contribution in [0.4, 0.5) is 0 Å². The van der Waals surface area contributed by atoms with Gasteiger partial charge in [-0.3, -0.25) is 11.5 Å². The Morgan fingerprint density at radius 1 is 1.43 bits per heavy atom. The lowest BCUT2D eigenvalue weighted by molar-refractivity contribution is 1.36. The van der Waals surface area contributed by atoms with Crippen molar-refractivity contribution < 1.29 is 0 Å². The normalized spacial score (nSPS) is 5.14. The molecule has 0 bridgehead atoms. The molecule has 0 N–H and O–H groups in total. The van der Waals surface area contributed by atoms with Crippen LogP contribution in [0.15, 0.2) is 17.2 Å². The van der Waals surface area contributed by atoms with Gasteiger partial charge in [-0.1, -0.05) is 0 Å². The molecule has 0 heteroatoms. The first-order chi connectivity index (χ1) is 3.41. The fourth-order valence-corrected chi connectivity index (χ4v) is 0.143. The van der Waals surface area contributed by atoms with Gasteiger partial charge in [-0.25, -0.2) is 6.58 Å². The van der Waals surface area contributed by atoms with Crippen LogP contribution in [0.3, 0.4) is 0 Å². The summed E-state index contributed by atoms with van der Waals surface area (Å²) < 4.78 is 0. The lowest BCUT2D eigenvalue weighted by atomic mass is 10.5. The quantitative estimate of drug-likeness (QED) is 0.337. The SMILES string of the molecule is [CH-]=C=C=C=[C]C[CH2+]. The van der Waals surface area contributed by atoms with Crippen molar-refractivity contribution in [3.05, 3.63) is 36.8 Å². The smallest absolute Gasteiger partial charge is 0.117 e. The first-order valence-electron chi connectivity index (χ1n) is 1.89. The van der Waals surface area contributed by atoms with Gasteiger partial charge in [0.2, 0.25) is 0 Å². The summed E-state index contributed by atoms with van der Waals surface area (Å²) >= 11 is 0. The van der Waals surface area contributed by atoms with E-state index in [4.69, 9.17) is 6.58 Å². The van der Waals surface area contributed by atoms with Crippen LogP contribution in [0.1, 0.15) is 6.42 Å². The second kappa shape index (κ2) is 4.95. The fraction of sp³-hybridized carbons (Fsp3) is 0.143. The number of hydrogen-bond donors (Lipinski definition) is 0. The predicted molar refractivity (Wildman–Crippen MR) is 28.1 cm³/mol. The molecule has 0 aliphatic heterocycles. The number of rotatable bonds is 1. The molecular weight excluding hydrogens is 84.1 g/mol. The molecule has 0 saturated carbocycles. The van der Waals surface area contributed by atoms with Crippen molar-refractivity contribution in [3.63, 3.8) is 0 Å². The highest BCUT2D eigenvalue weighted by molar-refractivity contribution is 4.77. The highest BCUT2D eigenvalue weighted by Crippen LogP contribution is 1.67. The monoisotopic (exact) mass is 89.0 g/mol. The maximum atomic E-state index is 4.79. The molecule has 1 radical (unpaired) electrons. The van der Waals surface area contributed by atoms with Crippen molar-refractivity contribution in [2.75, 3.05) is 0 Å². The summed E-state index contributed by atoms with van der Waals surface area (Å²) in [5.41, 5.74) is 7.01. The van der Waals surface area contributed by atoms with E-state index in [-0.39, 0.29) is 0 Å². The van der Waals surface area contributed by atoms with E-state index < -0.39 is 0 Å². The minimum Gasteiger partial charge on any atom is -0.296 e. The van der Waals surface area contributed by atoms with E-state index in [9.17, 15) is 0 Å². The minimum absolute atomic E-state index is 0.592. The Kier molecular flexibility index (Phi) is 4.21. The van der Waals surface area contributed by atoms with Crippen molar-refractivity contribution >= 4 is 0 Å². The lowest BCUT2D eigenvalue weighted by Gasteiger charge is -1.57. The van der Waals surface area contributed by atoms with Crippen LogP contribution in [0.25, 0.3) is 0 Å². The molecule has 0 amide bonds. The summed E-state index contributed by atoms with van der Waals surface area (Å²) in [5.74, 6) is 0. The van der Waals surface area contributed by atoms with Gasteiger partial charge in [-0.15, -0.1) is 0 Å². The van der Waals surface area contributed by atoms with E-state index in [1.165, 1.54) is 0 Å². The van der Waals surface area contributed by atoms with Gasteiger partial charge in [0.25, 0.3) is 0 Å². The Labute approximate surface area is 44.2 Å². The molecule has 0 heterocycles. The maximum absolute atomic E-state index is 4.79. The average Bonchev–Trinajstić information content (AvgIpc) is 1.69. The van der Waals surface area contributed by atoms with Crippen molar-refractivity contribution in [2.24, 2.45) is 0 Å². The summed E-state index contributed by atoms with van der Waals surface area (Å²) in [6.07, 6.45) is 3.23. The molecule has 0 aliphatic carbocycles. The lowest BCUT2D eigenvalue weighted by Crippen LogP contribution is -1.43. The first kappa shape index (κ1) is 5.95. The number of allylic oxidation sites excluding steroid dienone is 1. The first-order valence-corrected chi connectivity index (χ1v) is 1.89. The van der Waals surface area contributed by atoms with E-state index >= 15 is 0 Å². The molecule has 0 unspecified atom stereocenters. The Hall–Kier alpha value is -1.05.